The van der Waals surface area contributed by atoms with Gasteiger partial charge in [0.25, 0.3) is 0 Å². The van der Waals surface area contributed by atoms with Crippen LogP contribution in [0.15, 0.2) is 18.2 Å². The Kier molecular flexibility index (Phi) is 5.31. The molecule has 0 aliphatic carbocycles. The van der Waals surface area contributed by atoms with Gasteiger partial charge in [0.05, 0.1) is 6.61 Å². The highest BCUT2D eigenvalue weighted by Gasteiger charge is 2.32. The Bertz CT molecular complexity index is 503. The number of Topliss-reactive ketones (excluding diaryl/α,β-unsaturated/α-hetero) is 1. The fourth-order valence-corrected chi connectivity index (χ4v) is 1.76. The van der Waals surface area contributed by atoms with E-state index in [1.165, 1.54) is 0 Å². The molecule has 0 unspecified atom stereocenters. The first-order valence-corrected chi connectivity index (χ1v) is 6.82. The van der Waals surface area contributed by atoms with E-state index in [1.54, 1.807) is 39.0 Å². The Morgan fingerprint density at radius 1 is 1.20 bits per heavy atom. The topological polar surface area (TPSA) is 52.6 Å². The minimum atomic E-state index is -1.06. The maximum absolute atomic E-state index is 11.8. The van der Waals surface area contributed by atoms with E-state index in [0.717, 1.165) is 5.56 Å². The summed E-state index contributed by atoms with van der Waals surface area (Å²) in [4.78, 5) is 23.4. The van der Waals surface area contributed by atoms with Crippen LogP contribution in [-0.4, -0.2) is 24.0 Å². The molecule has 4 heteroatoms. The lowest BCUT2D eigenvalue weighted by Crippen LogP contribution is -2.39. The molecule has 110 valence electrons. The molecule has 0 N–H and O–H groups in total. The van der Waals surface area contributed by atoms with E-state index in [-0.39, 0.29) is 5.78 Å². The van der Waals surface area contributed by atoms with Crippen LogP contribution in [0, 0.1) is 6.92 Å². The van der Waals surface area contributed by atoms with Crippen LogP contribution in [0.3, 0.4) is 0 Å². The molecule has 0 aliphatic heterocycles. The maximum atomic E-state index is 11.8. The van der Waals surface area contributed by atoms with Gasteiger partial charge in [-0.2, -0.15) is 0 Å². The molecule has 0 atom stereocenters. The molecule has 0 heterocycles. The van der Waals surface area contributed by atoms with Gasteiger partial charge in [0.1, 0.15) is 5.75 Å². The average Bonchev–Trinajstić information content (AvgIpc) is 2.40. The first kappa shape index (κ1) is 16.2. The number of esters is 1. The van der Waals surface area contributed by atoms with E-state index in [0.29, 0.717) is 24.3 Å². The highest BCUT2D eigenvalue weighted by molar-refractivity contribution is 5.96. The van der Waals surface area contributed by atoms with Crippen LogP contribution in [0.2, 0.25) is 0 Å². The van der Waals surface area contributed by atoms with Crippen molar-refractivity contribution in [3.63, 3.8) is 0 Å². The Labute approximate surface area is 120 Å². The van der Waals surface area contributed by atoms with Crippen molar-refractivity contribution < 1.29 is 19.1 Å². The summed E-state index contributed by atoms with van der Waals surface area (Å²) in [7, 11) is 0. The van der Waals surface area contributed by atoms with E-state index in [2.05, 4.69) is 0 Å². The highest BCUT2D eigenvalue weighted by atomic mass is 16.6. The lowest BCUT2D eigenvalue weighted by Gasteiger charge is -2.25. The first-order valence-electron chi connectivity index (χ1n) is 6.82. The second-order valence-corrected chi connectivity index (χ2v) is 5.09. The molecular formula is C16H22O4. The Morgan fingerprint density at radius 2 is 1.85 bits per heavy atom. The van der Waals surface area contributed by atoms with Gasteiger partial charge in [-0.1, -0.05) is 6.92 Å². The maximum Gasteiger partial charge on any atom is 0.349 e. The summed E-state index contributed by atoms with van der Waals surface area (Å²) in [5, 5.41) is 0. The van der Waals surface area contributed by atoms with Crippen LogP contribution in [0.1, 0.15) is 50.0 Å². The fraction of sp³-hybridized carbons (Fsp3) is 0.500. The van der Waals surface area contributed by atoms with Crippen molar-refractivity contribution in [1.29, 1.82) is 0 Å². The third-order valence-electron chi connectivity index (χ3n) is 2.95. The molecule has 0 saturated carbocycles. The van der Waals surface area contributed by atoms with Crippen LogP contribution in [0.5, 0.6) is 5.75 Å². The molecule has 0 radical (unpaired) electrons. The number of benzene rings is 1. The van der Waals surface area contributed by atoms with Crippen molar-refractivity contribution in [1.82, 2.24) is 0 Å². The van der Waals surface area contributed by atoms with E-state index in [9.17, 15) is 9.59 Å². The van der Waals surface area contributed by atoms with Crippen molar-refractivity contribution in [2.24, 2.45) is 0 Å². The van der Waals surface area contributed by atoms with Crippen molar-refractivity contribution in [2.45, 2.75) is 46.6 Å². The summed E-state index contributed by atoms with van der Waals surface area (Å²) in [6, 6.07) is 5.22. The summed E-state index contributed by atoms with van der Waals surface area (Å²) in [6.45, 7) is 9.07. The molecule has 1 aromatic carbocycles. The molecule has 1 aromatic rings. The van der Waals surface area contributed by atoms with Crippen molar-refractivity contribution >= 4 is 11.8 Å². The number of hydrogen-bond acceptors (Lipinski definition) is 4. The zero-order valence-electron chi connectivity index (χ0n) is 12.8. The van der Waals surface area contributed by atoms with Crippen molar-refractivity contribution in [3.05, 3.63) is 29.3 Å². The number of ketones is 1. The smallest absolute Gasteiger partial charge is 0.349 e. The third-order valence-corrected chi connectivity index (χ3v) is 2.95. The zero-order valence-corrected chi connectivity index (χ0v) is 12.8. The Hall–Kier alpha value is -1.84. The van der Waals surface area contributed by atoms with Crippen molar-refractivity contribution in [2.75, 3.05) is 6.61 Å². The third kappa shape index (κ3) is 3.83. The van der Waals surface area contributed by atoms with E-state index in [1.807, 2.05) is 13.8 Å². The molecule has 0 fully saturated rings. The van der Waals surface area contributed by atoms with E-state index >= 15 is 0 Å². The quantitative estimate of drug-likeness (QED) is 0.591. The number of ether oxygens (including phenoxy) is 2. The second-order valence-electron chi connectivity index (χ2n) is 5.09. The van der Waals surface area contributed by atoms with Gasteiger partial charge in [0, 0.05) is 12.0 Å². The van der Waals surface area contributed by atoms with Gasteiger partial charge < -0.3 is 9.47 Å². The molecule has 0 bridgehead atoms. The van der Waals surface area contributed by atoms with Crippen LogP contribution in [0.4, 0.5) is 0 Å². The number of rotatable bonds is 6. The molecular weight excluding hydrogens is 256 g/mol. The monoisotopic (exact) mass is 278 g/mol. The standard InChI is InChI=1S/C16H22O4/c1-6-13(17)12-8-9-14(11(3)10-12)20-16(4,5)15(18)19-7-2/h8-10H,6-7H2,1-5H3. The number of carbonyl (C=O) groups is 2. The number of hydrogen-bond donors (Lipinski definition) is 0. The second kappa shape index (κ2) is 6.55. The summed E-state index contributed by atoms with van der Waals surface area (Å²) < 4.78 is 10.7. The van der Waals surface area contributed by atoms with Gasteiger partial charge in [-0.05, 0) is 51.5 Å². The predicted molar refractivity (Wildman–Crippen MR) is 77.1 cm³/mol. The summed E-state index contributed by atoms with van der Waals surface area (Å²) >= 11 is 0. The van der Waals surface area contributed by atoms with Gasteiger partial charge >= 0.3 is 5.97 Å². The molecule has 0 saturated heterocycles. The molecule has 4 nitrogen and oxygen atoms in total. The highest BCUT2D eigenvalue weighted by Crippen LogP contribution is 2.25. The minimum Gasteiger partial charge on any atom is -0.476 e. The Balaban J connectivity index is 2.93. The number of aryl methyl sites for hydroxylation is 1. The van der Waals surface area contributed by atoms with Crippen LogP contribution in [-0.2, 0) is 9.53 Å². The van der Waals surface area contributed by atoms with Crippen LogP contribution < -0.4 is 4.74 Å². The fourth-order valence-electron chi connectivity index (χ4n) is 1.76. The average molecular weight is 278 g/mol. The lowest BCUT2D eigenvalue weighted by atomic mass is 10.0. The van der Waals surface area contributed by atoms with Gasteiger partial charge in [-0.25, -0.2) is 4.79 Å². The SMILES string of the molecule is CCOC(=O)C(C)(C)Oc1ccc(C(=O)CC)cc1C. The molecule has 0 aliphatic rings. The largest absolute Gasteiger partial charge is 0.476 e. The molecule has 20 heavy (non-hydrogen) atoms. The minimum absolute atomic E-state index is 0.0873. The normalized spacial score (nSPS) is 11.1. The predicted octanol–water partition coefficient (Wildman–Crippen LogP) is 3.31. The van der Waals surface area contributed by atoms with Gasteiger partial charge in [-0.3, -0.25) is 4.79 Å². The molecule has 0 spiro atoms. The van der Waals surface area contributed by atoms with Gasteiger partial charge in [0.2, 0.25) is 0 Å². The van der Waals surface area contributed by atoms with E-state index < -0.39 is 11.6 Å². The summed E-state index contributed by atoms with van der Waals surface area (Å²) in [5.41, 5.74) is 0.421. The zero-order chi connectivity index (χ0) is 15.3. The molecule has 0 aromatic heterocycles. The van der Waals surface area contributed by atoms with Gasteiger partial charge in [-0.15, -0.1) is 0 Å². The summed E-state index contributed by atoms with van der Waals surface area (Å²) in [5.74, 6) is 0.258. The van der Waals surface area contributed by atoms with Crippen molar-refractivity contribution in [3.8, 4) is 5.75 Å². The first-order chi connectivity index (χ1) is 9.31. The summed E-state index contributed by atoms with van der Waals surface area (Å²) in [6.07, 6.45) is 0.466. The van der Waals surface area contributed by atoms with Crippen LogP contribution in [0.25, 0.3) is 0 Å². The Morgan fingerprint density at radius 3 is 2.35 bits per heavy atom. The van der Waals surface area contributed by atoms with Crippen LogP contribution >= 0.6 is 0 Å². The number of carbonyl (C=O) groups excluding carboxylic acids is 2. The lowest BCUT2D eigenvalue weighted by molar-refractivity contribution is -0.158. The molecule has 1 rings (SSSR count). The molecule has 0 amide bonds. The van der Waals surface area contributed by atoms with Gasteiger partial charge in [0.15, 0.2) is 11.4 Å². The van der Waals surface area contributed by atoms with E-state index in [4.69, 9.17) is 9.47 Å².